The number of carbonyl (C=O) groups excluding carboxylic acids is 3. The van der Waals surface area contributed by atoms with Crippen molar-refractivity contribution in [1.82, 2.24) is 15.1 Å². The number of nitrogens with one attached hydrogen (secondary N) is 1. The third kappa shape index (κ3) is 5.26. The van der Waals surface area contributed by atoms with Crippen molar-refractivity contribution in [3.63, 3.8) is 0 Å². The Hall–Kier alpha value is -3.43. The van der Waals surface area contributed by atoms with E-state index in [2.05, 4.69) is 5.32 Å². The highest BCUT2D eigenvalue weighted by atomic mass is 16.5. The minimum absolute atomic E-state index is 0.00217. The Kier molecular flexibility index (Phi) is 7.67. The number of nitrogens with zero attached hydrogens (tertiary/aromatic N) is 2. The highest BCUT2D eigenvalue weighted by Crippen LogP contribution is 2.39. The predicted octanol–water partition coefficient (Wildman–Crippen LogP) is 2.77. The topological polar surface area (TPSA) is 97.4 Å². The first kappa shape index (κ1) is 26.2. The minimum Gasteiger partial charge on any atom is -0.497 e. The number of hydrogen-bond donors (Lipinski definition) is 1. The van der Waals surface area contributed by atoms with Gasteiger partial charge in [-0.15, -0.1) is 0 Å². The summed E-state index contributed by atoms with van der Waals surface area (Å²) in [5.41, 5.74) is 1.14. The van der Waals surface area contributed by atoms with Gasteiger partial charge in [0.25, 0.3) is 11.8 Å². The zero-order valence-electron chi connectivity index (χ0n) is 22.0. The molecule has 3 fully saturated rings. The quantitative estimate of drug-likeness (QED) is 0.628. The van der Waals surface area contributed by atoms with Crippen LogP contribution >= 0.6 is 0 Å². The normalized spacial score (nSPS) is 22.5. The van der Waals surface area contributed by atoms with Crippen molar-refractivity contribution in [3.05, 3.63) is 65.2 Å². The Morgan fingerprint density at radius 1 is 1.05 bits per heavy atom. The molecule has 1 N–H and O–H groups in total. The zero-order valence-corrected chi connectivity index (χ0v) is 22.0. The molecule has 3 heterocycles. The van der Waals surface area contributed by atoms with Crippen LogP contribution in [-0.4, -0.2) is 85.3 Å². The second-order valence-corrected chi connectivity index (χ2v) is 10.2. The summed E-state index contributed by atoms with van der Waals surface area (Å²) >= 11 is 0. The van der Waals surface area contributed by atoms with Gasteiger partial charge in [-0.05, 0) is 50.1 Å². The van der Waals surface area contributed by atoms with Crippen molar-refractivity contribution >= 4 is 17.7 Å². The molecule has 3 aliphatic heterocycles. The molecule has 0 saturated carbocycles. The molecule has 3 amide bonds. The van der Waals surface area contributed by atoms with E-state index in [1.807, 2.05) is 19.1 Å². The van der Waals surface area contributed by atoms with Crippen molar-refractivity contribution in [2.24, 2.45) is 0 Å². The summed E-state index contributed by atoms with van der Waals surface area (Å²) in [5.74, 6) is 0.0364. The summed E-state index contributed by atoms with van der Waals surface area (Å²) in [5, 5.41) is 2.98. The second-order valence-electron chi connectivity index (χ2n) is 10.2. The van der Waals surface area contributed by atoms with Crippen molar-refractivity contribution in [2.75, 3.05) is 40.0 Å². The second kappa shape index (κ2) is 11.1. The highest BCUT2D eigenvalue weighted by Gasteiger charge is 2.54. The van der Waals surface area contributed by atoms with E-state index < -0.39 is 11.8 Å². The van der Waals surface area contributed by atoms with Crippen LogP contribution < -0.4 is 10.1 Å². The molecule has 0 bridgehead atoms. The van der Waals surface area contributed by atoms with Crippen LogP contribution in [0.5, 0.6) is 5.75 Å². The van der Waals surface area contributed by atoms with E-state index in [0.29, 0.717) is 56.0 Å². The molecule has 5 rings (SSSR count). The fraction of sp³-hybridized carbons (Fsp3) is 0.483. The maximum atomic E-state index is 13.9. The third-order valence-corrected chi connectivity index (χ3v) is 7.76. The zero-order chi connectivity index (χ0) is 26.7. The van der Waals surface area contributed by atoms with Crippen molar-refractivity contribution in [2.45, 2.75) is 50.5 Å². The number of amides is 3. The fourth-order valence-corrected chi connectivity index (χ4v) is 5.54. The van der Waals surface area contributed by atoms with E-state index in [1.54, 1.807) is 53.3 Å². The number of likely N-dealkylation sites (tertiary alicyclic amines) is 1. The molecule has 1 spiro atoms. The van der Waals surface area contributed by atoms with E-state index in [9.17, 15) is 14.4 Å². The number of aryl methyl sites for hydroxylation is 1. The summed E-state index contributed by atoms with van der Waals surface area (Å²) in [6, 6.07) is 13.7. The lowest BCUT2D eigenvalue weighted by molar-refractivity contribution is -0.128. The van der Waals surface area contributed by atoms with Gasteiger partial charge in [-0.3, -0.25) is 19.3 Å². The molecule has 202 valence electrons. The number of methoxy groups -OCH3 is 1. The van der Waals surface area contributed by atoms with Crippen molar-refractivity contribution in [1.29, 1.82) is 0 Å². The van der Waals surface area contributed by atoms with Crippen LogP contribution in [-0.2, 0) is 14.3 Å². The lowest BCUT2D eigenvalue weighted by Gasteiger charge is -2.44. The van der Waals surface area contributed by atoms with Crippen LogP contribution in [0.2, 0.25) is 0 Å². The predicted molar refractivity (Wildman–Crippen MR) is 140 cm³/mol. The fourth-order valence-electron chi connectivity index (χ4n) is 5.54. The molecule has 9 heteroatoms. The van der Waals surface area contributed by atoms with Crippen LogP contribution in [0.1, 0.15) is 52.0 Å². The number of hydrogen-bond acceptors (Lipinski definition) is 6. The summed E-state index contributed by atoms with van der Waals surface area (Å²) in [6.07, 6.45) is 2.72. The highest BCUT2D eigenvalue weighted by molar-refractivity contribution is 5.98. The van der Waals surface area contributed by atoms with Gasteiger partial charge in [-0.2, -0.15) is 0 Å². The molecule has 9 nitrogen and oxygen atoms in total. The molecule has 0 aromatic heterocycles. The van der Waals surface area contributed by atoms with Crippen LogP contribution in [0, 0.1) is 6.92 Å². The van der Waals surface area contributed by atoms with Crippen LogP contribution in [0.15, 0.2) is 48.5 Å². The summed E-state index contributed by atoms with van der Waals surface area (Å²) in [7, 11) is 1.57. The molecule has 38 heavy (non-hydrogen) atoms. The van der Waals surface area contributed by atoms with Gasteiger partial charge in [-0.25, -0.2) is 0 Å². The molecule has 2 atom stereocenters. The smallest absolute Gasteiger partial charge is 0.256 e. The summed E-state index contributed by atoms with van der Waals surface area (Å²) < 4.78 is 17.2. The van der Waals surface area contributed by atoms with E-state index in [1.165, 1.54) is 0 Å². The van der Waals surface area contributed by atoms with Gasteiger partial charge in [0.15, 0.2) is 0 Å². The Bertz CT molecular complexity index is 1170. The molecule has 0 radical (unpaired) electrons. The third-order valence-electron chi connectivity index (χ3n) is 7.76. The first-order chi connectivity index (χ1) is 18.4. The summed E-state index contributed by atoms with van der Waals surface area (Å²) in [6.45, 7) is 4.00. The SMILES string of the molecule is COc1cccc(C(=O)N2CCC3(CC2)OC[C@@H](C(=O)NC[C@@H]2CCCO2)N3C(=O)c2ccc(C)cc2)c1. The number of rotatable bonds is 6. The van der Waals surface area contributed by atoms with Gasteiger partial charge in [0.1, 0.15) is 17.5 Å². The van der Waals surface area contributed by atoms with E-state index >= 15 is 0 Å². The molecular formula is C29H35N3O6. The average Bonchev–Trinajstić information content (AvgIpc) is 3.60. The Labute approximate surface area is 223 Å². The molecule has 0 unspecified atom stereocenters. The lowest BCUT2D eigenvalue weighted by Crippen LogP contribution is -2.60. The van der Waals surface area contributed by atoms with E-state index in [4.69, 9.17) is 14.2 Å². The monoisotopic (exact) mass is 521 g/mol. The van der Waals surface area contributed by atoms with Gasteiger partial charge < -0.3 is 24.4 Å². The van der Waals surface area contributed by atoms with Gasteiger partial charge in [-0.1, -0.05) is 23.8 Å². The standard InChI is InChI=1S/C29H35N3O6/c1-20-8-10-21(11-9-20)28(35)32-25(26(33)30-18-24-7-4-16-37-24)19-38-29(32)12-14-31(15-13-29)27(34)22-5-3-6-23(17-22)36-2/h3,5-6,8-11,17,24-25H,4,7,12-16,18-19H2,1-2H3,(H,30,33)/t24-,25-/m0/s1. The van der Waals surface area contributed by atoms with Crippen LogP contribution in [0.3, 0.4) is 0 Å². The maximum absolute atomic E-state index is 13.9. The first-order valence-corrected chi connectivity index (χ1v) is 13.3. The van der Waals surface area contributed by atoms with Gasteiger partial charge in [0.2, 0.25) is 5.91 Å². The minimum atomic E-state index is -0.959. The largest absolute Gasteiger partial charge is 0.497 e. The molecule has 3 saturated heterocycles. The molecular weight excluding hydrogens is 486 g/mol. The van der Waals surface area contributed by atoms with Gasteiger partial charge in [0, 0.05) is 50.2 Å². The molecule has 0 aliphatic carbocycles. The van der Waals surface area contributed by atoms with Crippen LogP contribution in [0.4, 0.5) is 0 Å². The Morgan fingerprint density at radius 2 is 1.82 bits per heavy atom. The van der Waals surface area contributed by atoms with Gasteiger partial charge >= 0.3 is 0 Å². The maximum Gasteiger partial charge on any atom is 0.256 e. The molecule has 3 aliphatic rings. The Morgan fingerprint density at radius 3 is 2.50 bits per heavy atom. The number of benzene rings is 2. The van der Waals surface area contributed by atoms with Crippen LogP contribution in [0.25, 0.3) is 0 Å². The Balaban J connectivity index is 1.34. The summed E-state index contributed by atoms with van der Waals surface area (Å²) in [4.78, 5) is 43.8. The van der Waals surface area contributed by atoms with E-state index in [0.717, 1.165) is 18.4 Å². The lowest BCUT2D eigenvalue weighted by atomic mass is 9.96. The first-order valence-electron chi connectivity index (χ1n) is 13.3. The van der Waals surface area contributed by atoms with Crippen molar-refractivity contribution in [3.8, 4) is 5.75 Å². The average molecular weight is 522 g/mol. The number of carbonyl (C=O) groups is 3. The van der Waals surface area contributed by atoms with Crippen molar-refractivity contribution < 1.29 is 28.6 Å². The molecule has 2 aromatic rings. The number of piperidine rings is 1. The van der Waals surface area contributed by atoms with Gasteiger partial charge in [0.05, 0.1) is 19.8 Å². The number of ether oxygens (including phenoxy) is 3. The van der Waals surface area contributed by atoms with E-state index in [-0.39, 0.29) is 30.4 Å². The molecule has 2 aromatic carbocycles.